The molecule has 2 rings (SSSR count). The van der Waals surface area contributed by atoms with Crippen LogP contribution in [0.25, 0.3) is 0 Å². The topological polar surface area (TPSA) is 83.2 Å². The largest absolute Gasteiger partial charge is 0.506 e. The number of anilines is 1. The Morgan fingerprint density at radius 3 is 2.50 bits per heavy atom. The lowest BCUT2D eigenvalue weighted by atomic mass is 10.1. The van der Waals surface area contributed by atoms with E-state index < -0.39 is 0 Å². The highest BCUT2D eigenvalue weighted by Gasteiger charge is 2.14. The van der Waals surface area contributed by atoms with Crippen LogP contribution in [-0.2, 0) is 20.2 Å². The van der Waals surface area contributed by atoms with E-state index >= 15 is 0 Å². The van der Waals surface area contributed by atoms with Gasteiger partial charge in [-0.1, -0.05) is 0 Å². The van der Waals surface area contributed by atoms with Crippen molar-refractivity contribution >= 4 is 5.69 Å². The van der Waals surface area contributed by atoms with Gasteiger partial charge in [0.05, 0.1) is 29.4 Å². The Morgan fingerprint density at radius 2 is 1.95 bits per heavy atom. The van der Waals surface area contributed by atoms with Gasteiger partial charge in [-0.2, -0.15) is 5.10 Å². The van der Waals surface area contributed by atoms with Crippen molar-refractivity contribution in [2.75, 3.05) is 5.32 Å². The molecular weight excluding hydrogens is 256 g/mol. The molecule has 108 valence electrons. The molecular formula is C14H20N4O2. The highest BCUT2D eigenvalue weighted by atomic mass is 16.3. The first kappa shape index (κ1) is 14.3. The quantitative estimate of drug-likeness (QED) is 0.789. The number of rotatable bonds is 4. The molecule has 6 nitrogen and oxygen atoms in total. The van der Waals surface area contributed by atoms with E-state index in [1.165, 1.54) is 0 Å². The first-order valence-corrected chi connectivity index (χ1v) is 6.47. The Balaban J connectivity index is 2.29. The van der Waals surface area contributed by atoms with Crippen molar-refractivity contribution < 1.29 is 10.2 Å². The van der Waals surface area contributed by atoms with Crippen molar-refractivity contribution in [3.8, 4) is 5.75 Å². The summed E-state index contributed by atoms with van der Waals surface area (Å²) in [5.41, 5.74) is 4.73. The van der Waals surface area contributed by atoms with Gasteiger partial charge in [-0.3, -0.25) is 9.67 Å². The molecule has 6 heteroatoms. The molecule has 0 atom stereocenters. The SMILES string of the molecule is Cc1ncc(CO)c(CNc2c(C)nn(C)c2C)c1O. The van der Waals surface area contributed by atoms with Crippen LogP contribution in [0.1, 0.15) is 28.2 Å². The van der Waals surface area contributed by atoms with Gasteiger partial charge in [0.15, 0.2) is 0 Å². The molecule has 0 bridgehead atoms. The number of pyridine rings is 1. The molecule has 0 fully saturated rings. The summed E-state index contributed by atoms with van der Waals surface area (Å²) in [4.78, 5) is 4.05. The normalized spacial score (nSPS) is 10.8. The molecule has 3 N–H and O–H groups in total. The van der Waals surface area contributed by atoms with Crippen LogP contribution in [0.2, 0.25) is 0 Å². The summed E-state index contributed by atoms with van der Waals surface area (Å²) in [5, 5.41) is 27.1. The third-order valence-corrected chi connectivity index (χ3v) is 3.55. The van der Waals surface area contributed by atoms with Crippen molar-refractivity contribution in [3.05, 3.63) is 34.4 Å². The van der Waals surface area contributed by atoms with Crippen LogP contribution < -0.4 is 5.32 Å². The van der Waals surface area contributed by atoms with E-state index in [-0.39, 0.29) is 12.4 Å². The van der Waals surface area contributed by atoms with Gasteiger partial charge in [0.25, 0.3) is 0 Å². The van der Waals surface area contributed by atoms with E-state index in [4.69, 9.17) is 0 Å². The van der Waals surface area contributed by atoms with Gasteiger partial charge in [-0.15, -0.1) is 0 Å². The van der Waals surface area contributed by atoms with Gasteiger partial charge in [-0.05, 0) is 20.8 Å². The average Bonchev–Trinajstić information content (AvgIpc) is 2.66. The Morgan fingerprint density at radius 1 is 1.25 bits per heavy atom. The third kappa shape index (κ3) is 2.46. The molecule has 0 aliphatic rings. The van der Waals surface area contributed by atoms with Crippen molar-refractivity contribution in [2.45, 2.75) is 33.9 Å². The molecule has 0 aliphatic carbocycles. The van der Waals surface area contributed by atoms with Crippen LogP contribution >= 0.6 is 0 Å². The van der Waals surface area contributed by atoms with Crippen LogP contribution in [-0.4, -0.2) is 25.0 Å². The van der Waals surface area contributed by atoms with E-state index in [2.05, 4.69) is 15.4 Å². The molecule has 0 aromatic carbocycles. The van der Waals surface area contributed by atoms with Crippen LogP contribution in [0, 0.1) is 20.8 Å². The highest BCUT2D eigenvalue weighted by Crippen LogP contribution is 2.26. The van der Waals surface area contributed by atoms with Gasteiger partial charge in [-0.25, -0.2) is 0 Å². The second kappa shape index (κ2) is 5.50. The number of aromatic nitrogens is 3. The van der Waals surface area contributed by atoms with Crippen LogP contribution in [0.3, 0.4) is 0 Å². The highest BCUT2D eigenvalue weighted by molar-refractivity contribution is 5.53. The van der Waals surface area contributed by atoms with E-state index in [9.17, 15) is 10.2 Å². The lowest BCUT2D eigenvalue weighted by molar-refractivity contribution is 0.279. The van der Waals surface area contributed by atoms with Gasteiger partial charge in [0.2, 0.25) is 0 Å². The number of hydrogen-bond donors (Lipinski definition) is 3. The maximum atomic E-state index is 10.1. The third-order valence-electron chi connectivity index (χ3n) is 3.55. The van der Waals surface area contributed by atoms with Crippen molar-refractivity contribution in [2.24, 2.45) is 7.05 Å². The molecule has 0 saturated heterocycles. The number of aliphatic hydroxyl groups is 1. The predicted molar refractivity (Wildman–Crippen MR) is 76.6 cm³/mol. The van der Waals surface area contributed by atoms with E-state index in [0.29, 0.717) is 23.4 Å². The number of nitrogens with zero attached hydrogens (tertiary/aromatic N) is 3. The Bertz CT molecular complexity index is 635. The fourth-order valence-electron chi connectivity index (χ4n) is 2.22. The maximum absolute atomic E-state index is 10.1. The zero-order chi connectivity index (χ0) is 14.9. The summed E-state index contributed by atoms with van der Waals surface area (Å²) in [5.74, 6) is 0.128. The fraction of sp³-hybridized carbons (Fsp3) is 0.429. The number of aromatic hydroxyl groups is 1. The maximum Gasteiger partial charge on any atom is 0.142 e. The van der Waals surface area contributed by atoms with E-state index in [1.807, 2.05) is 25.6 Å². The van der Waals surface area contributed by atoms with Gasteiger partial charge >= 0.3 is 0 Å². The second-order valence-corrected chi connectivity index (χ2v) is 4.88. The average molecular weight is 276 g/mol. The zero-order valence-electron chi connectivity index (χ0n) is 12.2. The van der Waals surface area contributed by atoms with Gasteiger partial charge < -0.3 is 15.5 Å². The molecule has 0 aliphatic heterocycles. The number of aliphatic hydroxyl groups excluding tert-OH is 1. The molecule has 0 radical (unpaired) electrons. The Kier molecular flexibility index (Phi) is 3.94. The summed E-state index contributed by atoms with van der Waals surface area (Å²) in [7, 11) is 1.89. The number of nitrogens with one attached hydrogen (secondary N) is 1. The van der Waals surface area contributed by atoms with Crippen molar-refractivity contribution in [3.63, 3.8) is 0 Å². The lowest BCUT2D eigenvalue weighted by Gasteiger charge is -2.13. The molecule has 2 heterocycles. The smallest absolute Gasteiger partial charge is 0.142 e. The van der Waals surface area contributed by atoms with Gasteiger partial charge in [0, 0.05) is 30.9 Å². The fourth-order valence-corrected chi connectivity index (χ4v) is 2.22. The Labute approximate surface area is 118 Å². The molecule has 2 aromatic rings. The molecule has 2 aromatic heterocycles. The lowest BCUT2D eigenvalue weighted by Crippen LogP contribution is -2.07. The summed E-state index contributed by atoms with van der Waals surface area (Å²) < 4.78 is 1.81. The summed E-state index contributed by atoms with van der Waals surface area (Å²) in [6.07, 6.45) is 1.59. The minimum atomic E-state index is -0.150. The predicted octanol–water partition coefficient (Wildman–Crippen LogP) is 1.55. The minimum Gasteiger partial charge on any atom is -0.506 e. The molecule has 0 spiro atoms. The minimum absolute atomic E-state index is 0.128. The van der Waals surface area contributed by atoms with Crippen molar-refractivity contribution in [1.29, 1.82) is 0 Å². The number of aryl methyl sites for hydroxylation is 3. The first-order valence-electron chi connectivity index (χ1n) is 6.47. The van der Waals surface area contributed by atoms with Gasteiger partial charge in [0.1, 0.15) is 5.75 Å². The number of hydrogen-bond acceptors (Lipinski definition) is 5. The standard InChI is InChI=1S/C14H20N4O2/c1-8-13(10(3)18(4)17-8)16-6-12-11(7-19)5-15-9(2)14(12)20/h5,16,19-20H,6-7H2,1-4H3. The zero-order valence-corrected chi connectivity index (χ0v) is 12.2. The molecule has 0 saturated carbocycles. The summed E-state index contributed by atoms with van der Waals surface area (Å²) in [6, 6.07) is 0. The van der Waals surface area contributed by atoms with Crippen LogP contribution in [0.5, 0.6) is 5.75 Å². The van der Waals surface area contributed by atoms with E-state index in [0.717, 1.165) is 17.1 Å². The van der Waals surface area contributed by atoms with Crippen LogP contribution in [0.4, 0.5) is 5.69 Å². The van der Waals surface area contributed by atoms with Crippen LogP contribution in [0.15, 0.2) is 6.20 Å². The summed E-state index contributed by atoms with van der Waals surface area (Å²) in [6.45, 7) is 5.91. The second-order valence-electron chi connectivity index (χ2n) is 4.88. The molecule has 0 amide bonds. The van der Waals surface area contributed by atoms with Crippen molar-refractivity contribution in [1.82, 2.24) is 14.8 Å². The summed E-state index contributed by atoms with van der Waals surface area (Å²) >= 11 is 0. The molecule has 20 heavy (non-hydrogen) atoms. The Hall–Kier alpha value is -2.08. The molecule has 0 unspecified atom stereocenters. The first-order chi connectivity index (χ1) is 9.45. The monoisotopic (exact) mass is 276 g/mol. The van der Waals surface area contributed by atoms with E-state index in [1.54, 1.807) is 13.1 Å².